The summed E-state index contributed by atoms with van der Waals surface area (Å²) < 4.78 is 5.79. The number of fused-ring (bicyclic) bond motifs is 1. The van der Waals surface area contributed by atoms with Gasteiger partial charge in [-0.25, -0.2) is 0 Å². The van der Waals surface area contributed by atoms with Gasteiger partial charge in [0.05, 0.1) is 6.10 Å². The van der Waals surface area contributed by atoms with Gasteiger partial charge < -0.3 is 10.1 Å². The number of aryl methyl sites for hydroxylation is 1. The molecule has 0 radical (unpaired) electrons. The second-order valence-corrected chi connectivity index (χ2v) is 8.48. The van der Waals surface area contributed by atoms with Gasteiger partial charge in [0.25, 0.3) is 0 Å². The highest BCUT2D eigenvalue weighted by Gasteiger charge is 2.19. The summed E-state index contributed by atoms with van der Waals surface area (Å²) in [6.45, 7) is 6.10. The van der Waals surface area contributed by atoms with Crippen LogP contribution in [0.1, 0.15) is 42.9 Å². The Bertz CT molecular complexity index is 1190. The molecular weight excluding hydrogens is 394 g/mol. The maximum absolute atomic E-state index is 13.2. The molecule has 1 unspecified atom stereocenters. The van der Waals surface area contributed by atoms with Crippen LogP contribution in [0.15, 0.2) is 91.0 Å². The first-order valence-electron chi connectivity index (χ1n) is 11.1. The zero-order chi connectivity index (χ0) is 22.5. The van der Waals surface area contributed by atoms with Crippen molar-refractivity contribution in [1.82, 2.24) is 0 Å². The fraction of sp³-hybridized carbons (Fsp3) is 0.207. The molecule has 1 atom stereocenters. The lowest BCUT2D eigenvalue weighted by molar-refractivity contribution is -0.116. The number of carbonyl (C=O) groups excluding carboxylic acids is 1. The van der Waals surface area contributed by atoms with E-state index in [2.05, 4.69) is 60.8 Å². The number of amides is 1. The molecule has 162 valence electrons. The number of rotatable bonds is 7. The zero-order valence-electron chi connectivity index (χ0n) is 18.8. The van der Waals surface area contributed by atoms with E-state index in [0.29, 0.717) is 6.42 Å². The molecule has 32 heavy (non-hydrogen) atoms. The quantitative estimate of drug-likeness (QED) is 0.344. The number of benzene rings is 4. The highest BCUT2D eigenvalue weighted by atomic mass is 16.5. The minimum atomic E-state index is -0.0429. The summed E-state index contributed by atoms with van der Waals surface area (Å²) in [6.07, 6.45) is 0.483. The fourth-order valence-corrected chi connectivity index (χ4v) is 4.00. The van der Waals surface area contributed by atoms with Gasteiger partial charge in [0.2, 0.25) is 5.91 Å². The monoisotopic (exact) mass is 423 g/mol. The molecule has 0 fully saturated rings. The average molecular weight is 424 g/mol. The first kappa shape index (κ1) is 21.6. The molecule has 1 amide bonds. The van der Waals surface area contributed by atoms with Crippen molar-refractivity contribution in [2.24, 2.45) is 0 Å². The van der Waals surface area contributed by atoms with Crippen LogP contribution in [0.4, 0.5) is 5.69 Å². The molecule has 4 aromatic carbocycles. The van der Waals surface area contributed by atoms with Crippen LogP contribution < -0.4 is 10.1 Å². The van der Waals surface area contributed by atoms with E-state index in [1.54, 1.807) is 0 Å². The van der Waals surface area contributed by atoms with E-state index in [1.165, 1.54) is 5.56 Å². The Kier molecular flexibility index (Phi) is 6.55. The van der Waals surface area contributed by atoms with Gasteiger partial charge in [-0.3, -0.25) is 4.79 Å². The Morgan fingerprint density at radius 1 is 0.812 bits per heavy atom. The molecule has 4 rings (SSSR count). The first-order chi connectivity index (χ1) is 15.5. The minimum Gasteiger partial charge on any atom is -0.491 e. The summed E-state index contributed by atoms with van der Waals surface area (Å²) in [6, 6.07) is 30.6. The molecule has 0 aliphatic carbocycles. The Balaban J connectivity index is 1.60. The average Bonchev–Trinajstić information content (AvgIpc) is 2.79. The maximum Gasteiger partial charge on any atom is 0.225 e. The van der Waals surface area contributed by atoms with Crippen LogP contribution in [0.2, 0.25) is 0 Å². The van der Waals surface area contributed by atoms with Gasteiger partial charge in [-0.1, -0.05) is 78.4 Å². The Morgan fingerprint density at radius 3 is 2.12 bits per heavy atom. The van der Waals surface area contributed by atoms with Gasteiger partial charge in [-0.15, -0.1) is 0 Å². The molecule has 0 spiro atoms. The van der Waals surface area contributed by atoms with Crippen molar-refractivity contribution in [3.05, 3.63) is 108 Å². The van der Waals surface area contributed by atoms with Gasteiger partial charge in [0, 0.05) is 23.4 Å². The molecule has 3 heteroatoms. The van der Waals surface area contributed by atoms with Crippen LogP contribution in [0.3, 0.4) is 0 Å². The molecule has 4 aromatic rings. The Labute approximate surface area is 190 Å². The van der Waals surface area contributed by atoms with E-state index in [4.69, 9.17) is 4.74 Å². The van der Waals surface area contributed by atoms with Crippen LogP contribution in [0.25, 0.3) is 10.8 Å². The van der Waals surface area contributed by atoms with Crippen molar-refractivity contribution in [1.29, 1.82) is 0 Å². The van der Waals surface area contributed by atoms with Crippen LogP contribution in [-0.2, 0) is 4.79 Å². The molecule has 0 bridgehead atoms. The van der Waals surface area contributed by atoms with Crippen molar-refractivity contribution in [3.8, 4) is 5.75 Å². The van der Waals surface area contributed by atoms with Gasteiger partial charge in [0.15, 0.2) is 0 Å². The molecular formula is C29H29NO2. The fourth-order valence-electron chi connectivity index (χ4n) is 4.00. The smallest absolute Gasteiger partial charge is 0.225 e. The third kappa shape index (κ3) is 5.17. The summed E-state index contributed by atoms with van der Waals surface area (Å²) in [5.41, 5.74) is 4.27. The van der Waals surface area contributed by atoms with Gasteiger partial charge >= 0.3 is 0 Å². The molecule has 1 N–H and O–H groups in total. The van der Waals surface area contributed by atoms with Gasteiger partial charge in [-0.2, -0.15) is 0 Å². The SMILES string of the molecule is Cc1ccc(C(CC(=O)Nc2cccc3ccccc23)c2ccc(OC(C)C)cc2)cc1. The Morgan fingerprint density at radius 2 is 1.44 bits per heavy atom. The summed E-state index contributed by atoms with van der Waals surface area (Å²) in [5.74, 6) is 0.791. The summed E-state index contributed by atoms with van der Waals surface area (Å²) in [4.78, 5) is 13.2. The van der Waals surface area contributed by atoms with Crippen LogP contribution in [0, 0.1) is 6.92 Å². The Hall–Kier alpha value is -3.59. The third-order valence-corrected chi connectivity index (χ3v) is 5.59. The predicted octanol–water partition coefficient (Wildman–Crippen LogP) is 7.10. The van der Waals surface area contributed by atoms with E-state index in [-0.39, 0.29) is 17.9 Å². The van der Waals surface area contributed by atoms with E-state index in [9.17, 15) is 4.79 Å². The first-order valence-corrected chi connectivity index (χ1v) is 11.1. The summed E-state index contributed by atoms with van der Waals surface area (Å²) in [5, 5.41) is 5.30. The van der Waals surface area contributed by atoms with E-state index < -0.39 is 0 Å². The third-order valence-electron chi connectivity index (χ3n) is 5.59. The van der Waals surface area contributed by atoms with Crippen molar-refractivity contribution in [2.45, 2.75) is 39.2 Å². The van der Waals surface area contributed by atoms with Crippen LogP contribution in [-0.4, -0.2) is 12.0 Å². The minimum absolute atomic E-state index is 0.00515. The zero-order valence-corrected chi connectivity index (χ0v) is 18.8. The van der Waals surface area contributed by atoms with Crippen molar-refractivity contribution >= 4 is 22.4 Å². The predicted molar refractivity (Wildman–Crippen MR) is 132 cm³/mol. The van der Waals surface area contributed by atoms with Crippen molar-refractivity contribution in [2.75, 3.05) is 5.32 Å². The number of hydrogen-bond donors (Lipinski definition) is 1. The molecule has 0 heterocycles. The molecule has 0 saturated heterocycles. The van der Waals surface area contributed by atoms with Crippen LogP contribution in [0.5, 0.6) is 5.75 Å². The number of hydrogen-bond acceptors (Lipinski definition) is 2. The van der Waals surface area contributed by atoms with Crippen molar-refractivity contribution in [3.63, 3.8) is 0 Å². The molecule has 0 saturated carbocycles. The highest BCUT2D eigenvalue weighted by molar-refractivity contribution is 6.02. The van der Waals surface area contributed by atoms with Gasteiger partial charge in [0.1, 0.15) is 5.75 Å². The number of ether oxygens (including phenoxy) is 1. The molecule has 0 aliphatic rings. The summed E-state index contributed by atoms with van der Waals surface area (Å²) >= 11 is 0. The topological polar surface area (TPSA) is 38.3 Å². The summed E-state index contributed by atoms with van der Waals surface area (Å²) in [7, 11) is 0. The van der Waals surface area contributed by atoms with E-state index in [1.807, 2.05) is 56.3 Å². The number of nitrogens with one attached hydrogen (secondary N) is 1. The maximum atomic E-state index is 13.2. The standard InChI is InChI=1S/C29H29NO2/c1-20(2)32-25-17-15-24(16-18-25)27(23-13-11-21(3)12-14-23)19-29(31)30-28-10-6-8-22-7-4-5-9-26(22)28/h4-18,20,27H,19H2,1-3H3,(H,30,31). The highest BCUT2D eigenvalue weighted by Crippen LogP contribution is 2.31. The van der Waals surface area contributed by atoms with E-state index in [0.717, 1.165) is 33.3 Å². The lowest BCUT2D eigenvalue weighted by atomic mass is 9.87. The largest absolute Gasteiger partial charge is 0.491 e. The lowest BCUT2D eigenvalue weighted by Gasteiger charge is -2.19. The van der Waals surface area contributed by atoms with Gasteiger partial charge in [-0.05, 0) is 55.5 Å². The molecule has 3 nitrogen and oxygen atoms in total. The van der Waals surface area contributed by atoms with Crippen LogP contribution >= 0.6 is 0 Å². The molecule has 0 aliphatic heterocycles. The number of anilines is 1. The molecule has 0 aromatic heterocycles. The lowest BCUT2D eigenvalue weighted by Crippen LogP contribution is -2.17. The second kappa shape index (κ2) is 9.69. The number of carbonyl (C=O) groups is 1. The normalized spacial score (nSPS) is 12.0. The van der Waals surface area contributed by atoms with Crippen molar-refractivity contribution < 1.29 is 9.53 Å². The second-order valence-electron chi connectivity index (χ2n) is 8.48. The van der Waals surface area contributed by atoms with E-state index >= 15 is 0 Å².